The molecule has 0 aromatic heterocycles. The van der Waals surface area contributed by atoms with Gasteiger partial charge in [0.05, 0.1) is 0 Å². The maximum atomic E-state index is 14.0. The van der Waals surface area contributed by atoms with E-state index in [1.807, 2.05) is 0 Å². The summed E-state index contributed by atoms with van der Waals surface area (Å²) < 4.78 is 88.5. The quantitative estimate of drug-likeness (QED) is 0.481. The molecule has 0 heterocycles. The van der Waals surface area contributed by atoms with Gasteiger partial charge < -0.3 is 0 Å². The summed E-state index contributed by atoms with van der Waals surface area (Å²) in [6, 6.07) is 2.55. The predicted octanol–water partition coefficient (Wildman–Crippen LogP) is 2.81. The van der Waals surface area contributed by atoms with E-state index >= 15 is 0 Å². The molecule has 1 atom stereocenters. The van der Waals surface area contributed by atoms with Gasteiger partial charge in [0.1, 0.15) is 12.1 Å². The third kappa shape index (κ3) is 2.24. The Morgan fingerprint density at radius 1 is 1.27 bits per heavy atom. The van der Waals surface area contributed by atoms with Crippen molar-refractivity contribution in [3.63, 3.8) is 0 Å². The third-order valence-corrected chi connectivity index (χ3v) is 5.57. The van der Waals surface area contributed by atoms with Crippen molar-refractivity contribution in [2.24, 2.45) is 0 Å². The molecule has 22 heavy (non-hydrogen) atoms. The number of hydrogen-bond donors (Lipinski definition) is 0. The zero-order valence-electron chi connectivity index (χ0n) is 10.9. The van der Waals surface area contributed by atoms with Gasteiger partial charge >= 0.3 is 15.5 Å². The second-order valence-corrected chi connectivity index (χ2v) is 6.90. The molecule has 0 saturated heterocycles. The van der Waals surface area contributed by atoms with Crippen LogP contribution in [-0.4, -0.2) is 26.5 Å². The highest BCUT2D eigenvalue weighted by atomic mass is 32.2. The van der Waals surface area contributed by atoms with Gasteiger partial charge in [-0.3, -0.25) is 0 Å². The highest BCUT2D eigenvalue weighted by Gasteiger charge is 2.67. The summed E-state index contributed by atoms with van der Waals surface area (Å²) in [5.74, 6) is -3.17. The molecular weight excluding hydrogens is 331 g/mol. The number of rotatable bonds is 4. The maximum Gasteiger partial charge on any atom is 0.549 e. The minimum atomic E-state index is -5.98. The smallest absolute Gasteiger partial charge is 0.204 e. The van der Waals surface area contributed by atoms with Crippen LogP contribution in [0.1, 0.15) is 12.8 Å². The van der Waals surface area contributed by atoms with Crippen molar-refractivity contribution in [2.75, 3.05) is 6.54 Å². The lowest BCUT2D eigenvalue weighted by atomic mass is 10.2. The minimum absolute atomic E-state index is 0.0624. The first kappa shape index (κ1) is 16.6. The van der Waals surface area contributed by atoms with Crippen molar-refractivity contribution >= 4 is 15.7 Å². The SMILES string of the molecule is N#CC[N+](c1cccc(F)c1F)(C1CC1)S(=O)(=O)C(F)(F)F. The van der Waals surface area contributed by atoms with E-state index in [0.29, 0.717) is 6.07 Å². The lowest BCUT2D eigenvalue weighted by Gasteiger charge is -2.34. The maximum absolute atomic E-state index is 14.0. The molecule has 4 nitrogen and oxygen atoms in total. The molecule has 0 bridgehead atoms. The Labute approximate surface area is 123 Å². The lowest BCUT2D eigenvalue weighted by Crippen LogP contribution is -2.61. The Hall–Kier alpha value is -1.73. The van der Waals surface area contributed by atoms with Crippen LogP contribution in [0, 0.1) is 23.0 Å². The molecule has 1 aliphatic rings. The van der Waals surface area contributed by atoms with Crippen molar-refractivity contribution in [2.45, 2.75) is 24.4 Å². The number of halogens is 5. The van der Waals surface area contributed by atoms with Gasteiger partial charge in [0.15, 0.2) is 18.0 Å². The molecule has 0 spiro atoms. The Balaban J connectivity index is 2.83. The Morgan fingerprint density at radius 2 is 1.86 bits per heavy atom. The first-order valence-corrected chi connectivity index (χ1v) is 7.54. The average molecular weight is 341 g/mol. The van der Waals surface area contributed by atoms with Crippen molar-refractivity contribution < 1.29 is 30.4 Å². The molecule has 1 fully saturated rings. The summed E-state index contributed by atoms with van der Waals surface area (Å²) in [6.45, 7) is -1.16. The second kappa shape index (κ2) is 5.17. The minimum Gasteiger partial charge on any atom is -0.204 e. The molecule has 0 N–H and O–H groups in total. The van der Waals surface area contributed by atoms with Gasteiger partial charge in [-0.25, -0.2) is 4.39 Å². The van der Waals surface area contributed by atoms with Crippen LogP contribution in [0.15, 0.2) is 18.2 Å². The number of quaternary nitrogens is 1. The molecule has 0 amide bonds. The normalized spacial score (nSPS) is 18.5. The van der Waals surface area contributed by atoms with E-state index in [0.717, 1.165) is 12.1 Å². The number of nitriles is 1. The first-order valence-electron chi connectivity index (χ1n) is 6.10. The van der Waals surface area contributed by atoms with Crippen molar-refractivity contribution in [1.29, 1.82) is 5.26 Å². The Kier molecular flexibility index (Phi) is 3.91. The summed E-state index contributed by atoms with van der Waals surface area (Å²) in [5, 5.41) is 8.82. The van der Waals surface area contributed by atoms with E-state index in [1.165, 1.54) is 6.07 Å². The van der Waals surface area contributed by atoms with Crippen LogP contribution in [0.2, 0.25) is 0 Å². The van der Waals surface area contributed by atoms with Gasteiger partial charge in [0, 0.05) is 18.9 Å². The second-order valence-electron chi connectivity index (χ2n) is 4.84. The number of benzene rings is 1. The molecule has 1 aliphatic carbocycles. The van der Waals surface area contributed by atoms with E-state index in [4.69, 9.17) is 5.26 Å². The van der Waals surface area contributed by atoms with Gasteiger partial charge in [-0.05, 0) is 6.07 Å². The highest BCUT2D eigenvalue weighted by molar-refractivity contribution is 7.91. The molecule has 1 unspecified atom stereocenters. The third-order valence-electron chi connectivity index (χ3n) is 3.50. The van der Waals surface area contributed by atoms with Gasteiger partial charge in [-0.15, -0.1) is 0 Å². The van der Waals surface area contributed by atoms with E-state index in [9.17, 15) is 30.4 Å². The molecule has 120 valence electrons. The highest BCUT2D eigenvalue weighted by Crippen LogP contribution is 2.47. The van der Waals surface area contributed by atoms with Crippen molar-refractivity contribution in [3.8, 4) is 6.07 Å². The summed E-state index contributed by atoms with van der Waals surface area (Å²) in [5.41, 5.74) is -6.70. The van der Waals surface area contributed by atoms with E-state index < -0.39 is 49.3 Å². The van der Waals surface area contributed by atoms with Crippen LogP contribution in [0.5, 0.6) is 0 Å². The number of hydrogen-bond acceptors (Lipinski definition) is 3. The zero-order chi connectivity index (χ0) is 16.8. The average Bonchev–Trinajstić information content (AvgIpc) is 3.22. The van der Waals surface area contributed by atoms with Gasteiger partial charge in [0.2, 0.25) is 5.82 Å². The summed E-state index contributed by atoms with van der Waals surface area (Å²) in [6.07, 6.45) is 0.125. The van der Waals surface area contributed by atoms with E-state index in [-0.39, 0.29) is 12.8 Å². The fourth-order valence-corrected chi connectivity index (χ4v) is 3.99. The van der Waals surface area contributed by atoms with Crippen molar-refractivity contribution in [1.82, 2.24) is 3.89 Å². The number of sulfonamides is 1. The summed E-state index contributed by atoms with van der Waals surface area (Å²) in [4.78, 5) is 0. The van der Waals surface area contributed by atoms with Crippen LogP contribution in [0.25, 0.3) is 0 Å². The molecule has 0 radical (unpaired) electrons. The molecular formula is C12H10F5N2O2S+. The standard InChI is InChI=1S/C12H10F5N2O2S/c13-9-2-1-3-10(11(9)14)19(7-6-18,8-4-5-8)22(20,21)12(15,16)17/h1-3,8H,4-5,7H2/q+1. The Bertz CT molecular complexity index is 737. The van der Waals surface area contributed by atoms with Crippen LogP contribution in [0.3, 0.4) is 0 Å². The monoisotopic (exact) mass is 341 g/mol. The van der Waals surface area contributed by atoms with Crippen molar-refractivity contribution in [3.05, 3.63) is 29.8 Å². The number of nitrogens with zero attached hydrogens (tertiary/aromatic N) is 2. The predicted molar refractivity (Wildman–Crippen MR) is 66.6 cm³/mol. The fraction of sp³-hybridized carbons (Fsp3) is 0.417. The molecule has 0 aliphatic heterocycles. The van der Waals surface area contributed by atoms with Gasteiger partial charge in [-0.2, -0.15) is 35.1 Å². The molecule has 1 saturated carbocycles. The molecule has 1 aromatic carbocycles. The van der Waals surface area contributed by atoms with E-state index in [2.05, 4.69) is 0 Å². The summed E-state index contributed by atoms with van der Waals surface area (Å²) in [7, 11) is -5.98. The zero-order valence-corrected chi connectivity index (χ0v) is 11.8. The molecule has 2 rings (SSSR count). The Morgan fingerprint density at radius 3 is 2.32 bits per heavy atom. The fourth-order valence-electron chi connectivity index (χ4n) is 2.39. The first-order chi connectivity index (χ1) is 10.1. The van der Waals surface area contributed by atoms with Gasteiger partial charge in [-0.1, -0.05) is 6.07 Å². The largest absolute Gasteiger partial charge is 0.549 e. The molecule has 1 aromatic rings. The summed E-state index contributed by atoms with van der Waals surface area (Å²) >= 11 is 0. The van der Waals surface area contributed by atoms with Gasteiger partial charge in [0.25, 0.3) is 0 Å². The topological polar surface area (TPSA) is 57.9 Å². The van der Waals surface area contributed by atoms with Crippen LogP contribution < -0.4 is 3.89 Å². The van der Waals surface area contributed by atoms with Crippen LogP contribution in [-0.2, 0) is 10.0 Å². The number of alkyl halides is 3. The van der Waals surface area contributed by atoms with Crippen LogP contribution >= 0.6 is 0 Å². The van der Waals surface area contributed by atoms with E-state index in [1.54, 1.807) is 0 Å². The lowest BCUT2D eigenvalue weighted by molar-refractivity contribution is -0.0486. The molecule has 10 heteroatoms. The van der Waals surface area contributed by atoms with Crippen LogP contribution in [0.4, 0.5) is 27.6 Å².